The topological polar surface area (TPSA) is 26.3 Å². The van der Waals surface area contributed by atoms with Crippen molar-refractivity contribution in [3.05, 3.63) is 47.2 Å². The molecule has 0 spiro atoms. The van der Waals surface area contributed by atoms with Crippen molar-refractivity contribution in [2.45, 2.75) is 40.5 Å². The summed E-state index contributed by atoms with van der Waals surface area (Å²) in [4.78, 5) is 0. The molecule has 1 heterocycles. The van der Waals surface area contributed by atoms with E-state index in [1.807, 2.05) is 25.1 Å². The van der Waals surface area contributed by atoms with Crippen LogP contribution in [0.3, 0.4) is 0 Å². The van der Waals surface area contributed by atoms with Gasteiger partial charge in [0, 0.05) is 23.6 Å². The Morgan fingerprint density at radius 1 is 1.18 bits per heavy atom. The zero-order chi connectivity index (χ0) is 15.9. The Balaban J connectivity index is 2.17. The molecule has 3 rings (SSSR count). The molecule has 0 amide bonds. The Morgan fingerprint density at radius 2 is 1.91 bits per heavy atom. The van der Waals surface area contributed by atoms with Crippen molar-refractivity contribution < 1.29 is 9.09 Å². The minimum atomic E-state index is -2.77. The molecule has 2 aliphatic rings. The fourth-order valence-corrected chi connectivity index (χ4v) is 5.73. The van der Waals surface area contributed by atoms with E-state index in [4.69, 9.17) is 4.52 Å². The first-order chi connectivity index (χ1) is 10.5. The maximum Gasteiger partial charge on any atom is 0.277 e. The lowest BCUT2D eigenvalue weighted by molar-refractivity contribution is 0.362. The third-order valence-electron chi connectivity index (χ3n) is 4.90. The molecule has 3 atom stereocenters. The van der Waals surface area contributed by atoms with E-state index in [1.165, 1.54) is 11.1 Å². The molecule has 0 N–H and O–H groups in total. The highest BCUT2D eigenvalue weighted by molar-refractivity contribution is 7.67. The van der Waals surface area contributed by atoms with Crippen molar-refractivity contribution in [2.75, 3.05) is 6.16 Å². The van der Waals surface area contributed by atoms with E-state index in [9.17, 15) is 4.57 Å². The zero-order valence-corrected chi connectivity index (χ0v) is 14.8. The average Bonchev–Trinajstić information content (AvgIpc) is 2.52. The molecule has 22 heavy (non-hydrogen) atoms. The Hall–Kier alpha value is -1.27. The van der Waals surface area contributed by atoms with Crippen molar-refractivity contribution in [3.63, 3.8) is 0 Å². The van der Waals surface area contributed by atoms with Gasteiger partial charge in [0.2, 0.25) is 0 Å². The van der Waals surface area contributed by atoms with Gasteiger partial charge in [0.1, 0.15) is 5.76 Å². The number of fused-ring (bicyclic) bond motifs is 2. The van der Waals surface area contributed by atoms with Crippen molar-refractivity contribution >= 4 is 18.2 Å². The Morgan fingerprint density at radius 3 is 2.59 bits per heavy atom. The minimum Gasteiger partial charge on any atom is -0.443 e. The van der Waals surface area contributed by atoms with Gasteiger partial charge in [0.25, 0.3) is 7.37 Å². The summed E-state index contributed by atoms with van der Waals surface area (Å²) in [6, 6.07) is 8.09. The number of rotatable bonds is 3. The van der Waals surface area contributed by atoms with E-state index in [0.717, 1.165) is 29.5 Å². The van der Waals surface area contributed by atoms with Crippen molar-refractivity contribution in [1.29, 1.82) is 0 Å². The smallest absolute Gasteiger partial charge is 0.277 e. The van der Waals surface area contributed by atoms with Gasteiger partial charge in [-0.3, -0.25) is 4.57 Å². The van der Waals surface area contributed by atoms with Gasteiger partial charge in [-0.05, 0) is 18.1 Å². The lowest BCUT2D eigenvalue weighted by Gasteiger charge is -2.38. The first kappa shape index (κ1) is 15.6. The van der Waals surface area contributed by atoms with E-state index in [2.05, 4.69) is 32.9 Å². The number of hydrogen-bond donors (Lipinski definition) is 0. The third-order valence-corrected chi connectivity index (χ3v) is 7.34. The van der Waals surface area contributed by atoms with E-state index in [-0.39, 0.29) is 5.92 Å². The molecule has 0 bridgehead atoms. The summed E-state index contributed by atoms with van der Waals surface area (Å²) < 4.78 is 19.5. The highest BCUT2D eigenvalue weighted by atomic mass is 31.2. The molecule has 0 radical (unpaired) electrons. The van der Waals surface area contributed by atoms with Gasteiger partial charge in [-0.2, -0.15) is 0 Å². The monoisotopic (exact) mass is 316 g/mol. The largest absolute Gasteiger partial charge is 0.443 e. The standard InChI is InChI=1S/C19H25O2P/c1-5-9-15-12-13(3)18-16-10-7-8-11-17(16)22(20,6-2)21-19(18)14(15)4/h7-8,10-14H,5-6,9H2,1-4H3. The highest BCUT2D eigenvalue weighted by Gasteiger charge is 2.40. The minimum absolute atomic E-state index is 0.236. The van der Waals surface area contributed by atoms with Gasteiger partial charge in [-0.25, -0.2) is 0 Å². The fraction of sp³-hybridized carbons (Fsp3) is 0.474. The second kappa shape index (κ2) is 5.74. The summed E-state index contributed by atoms with van der Waals surface area (Å²) >= 11 is 0. The van der Waals surface area contributed by atoms with Gasteiger partial charge in [0.05, 0.1) is 5.30 Å². The van der Waals surface area contributed by atoms with Crippen molar-refractivity contribution in [1.82, 2.24) is 0 Å². The predicted octanol–water partition coefficient (Wildman–Crippen LogP) is 5.36. The van der Waals surface area contributed by atoms with Crippen LogP contribution in [-0.4, -0.2) is 6.16 Å². The quantitative estimate of drug-likeness (QED) is 0.554. The first-order valence-corrected chi connectivity index (χ1v) is 10.2. The van der Waals surface area contributed by atoms with Crippen LogP contribution in [0.5, 0.6) is 0 Å². The second-order valence-corrected chi connectivity index (χ2v) is 9.02. The fourth-order valence-electron chi connectivity index (χ4n) is 3.71. The van der Waals surface area contributed by atoms with E-state index < -0.39 is 7.37 Å². The summed E-state index contributed by atoms with van der Waals surface area (Å²) in [5, 5.41) is 0.905. The number of allylic oxidation sites excluding steroid dienone is 3. The van der Waals surface area contributed by atoms with Crippen LogP contribution in [0.4, 0.5) is 0 Å². The third kappa shape index (κ3) is 2.29. The summed E-state index contributed by atoms with van der Waals surface area (Å²) in [6.45, 7) is 8.58. The molecule has 118 valence electrons. The van der Waals surface area contributed by atoms with Crippen LogP contribution in [0.15, 0.2) is 41.7 Å². The molecule has 1 aromatic rings. The van der Waals surface area contributed by atoms with Crippen molar-refractivity contribution in [3.8, 4) is 0 Å². The van der Waals surface area contributed by atoms with Gasteiger partial charge < -0.3 is 4.52 Å². The predicted molar refractivity (Wildman–Crippen MR) is 93.5 cm³/mol. The summed E-state index contributed by atoms with van der Waals surface area (Å²) in [5.74, 6) is 1.52. The molecule has 3 unspecified atom stereocenters. The zero-order valence-electron chi connectivity index (χ0n) is 13.9. The van der Waals surface area contributed by atoms with Gasteiger partial charge in [0.15, 0.2) is 0 Å². The van der Waals surface area contributed by atoms with Crippen LogP contribution >= 0.6 is 7.37 Å². The molecule has 0 saturated carbocycles. The van der Waals surface area contributed by atoms with E-state index >= 15 is 0 Å². The molecule has 2 nitrogen and oxygen atoms in total. The number of benzene rings is 1. The summed E-state index contributed by atoms with van der Waals surface area (Å²) in [5.41, 5.74) is 3.80. The molecule has 0 saturated heterocycles. The van der Waals surface area contributed by atoms with Gasteiger partial charge >= 0.3 is 0 Å². The lowest BCUT2D eigenvalue weighted by atomic mass is 9.79. The lowest BCUT2D eigenvalue weighted by Crippen LogP contribution is -2.27. The Labute approximate surface area is 133 Å². The molecular formula is C19H25O2P. The van der Waals surface area contributed by atoms with Crippen molar-refractivity contribution in [2.24, 2.45) is 11.8 Å². The SMILES string of the molecule is CCCC1=CC(C)C2=C(OP(=O)(CC)c3ccccc32)C1C. The van der Waals surface area contributed by atoms with Crippen LogP contribution in [0.2, 0.25) is 0 Å². The maximum atomic E-state index is 13.3. The second-order valence-electron chi connectivity index (χ2n) is 6.38. The van der Waals surface area contributed by atoms with E-state index in [1.54, 1.807) is 0 Å². The Kier molecular flexibility index (Phi) is 4.07. The molecule has 1 aliphatic heterocycles. The first-order valence-electron chi connectivity index (χ1n) is 8.35. The van der Waals surface area contributed by atoms with Gasteiger partial charge in [-0.1, -0.05) is 64.0 Å². The average molecular weight is 316 g/mol. The molecule has 1 aliphatic carbocycles. The van der Waals surface area contributed by atoms with Crippen LogP contribution in [0, 0.1) is 11.8 Å². The molecule has 0 aromatic heterocycles. The molecule has 0 fully saturated rings. The van der Waals surface area contributed by atoms with Crippen LogP contribution in [-0.2, 0) is 9.09 Å². The van der Waals surface area contributed by atoms with Crippen LogP contribution in [0.25, 0.3) is 5.57 Å². The Bertz CT molecular complexity index is 699. The molecular weight excluding hydrogens is 291 g/mol. The maximum absolute atomic E-state index is 13.3. The number of hydrogen-bond acceptors (Lipinski definition) is 2. The highest BCUT2D eigenvalue weighted by Crippen LogP contribution is 2.57. The molecule has 1 aromatic carbocycles. The molecule has 3 heteroatoms. The summed E-state index contributed by atoms with van der Waals surface area (Å²) in [6.07, 6.45) is 5.15. The van der Waals surface area contributed by atoms with Gasteiger partial charge in [-0.15, -0.1) is 0 Å². The van der Waals surface area contributed by atoms with E-state index in [0.29, 0.717) is 12.1 Å². The summed E-state index contributed by atoms with van der Waals surface area (Å²) in [7, 11) is -2.77. The van der Waals surface area contributed by atoms with Crippen LogP contribution in [0.1, 0.15) is 46.1 Å². The normalized spacial score (nSPS) is 30.3. The van der Waals surface area contributed by atoms with Crippen LogP contribution < -0.4 is 5.30 Å².